The highest BCUT2D eigenvalue weighted by molar-refractivity contribution is 4.65. The molecule has 0 saturated carbocycles. The Labute approximate surface area is 57.3 Å². The number of unbranched alkanes of at least 4 members (excludes halogenated alkanes) is 2. The van der Waals surface area contributed by atoms with Crippen molar-refractivity contribution in [3.05, 3.63) is 12.7 Å². The van der Waals surface area contributed by atoms with E-state index in [2.05, 4.69) is 6.58 Å². The molecule has 0 spiro atoms. The number of nitrogens with zero attached hydrogens (tertiary/aromatic N) is 1. The Morgan fingerprint density at radius 3 is 2.67 bits per heavy atom. The second-order valence-electron chi connectivity index (χ2n) is 2.27. The molecule has 2 heteroatoms. The van der Waals surface area contributed by atoms with Gasteiger partial charge in [-0.2, -0.15) is 0 Å². The van der Waals surface area contributed by atoms with Crippen LogP contribution in [0.3, 0.4) is 0 Å². The fourth-order valence-electron chi connectivity index (χ4n) is 0.650. The van der Waals surface area contributed by atoms with Crippen LogP contribution in [0, 0.1) is 0 Å². The van der Waals surface area contributed by atoms with Gasteiger partial charge in [0.1, 0.15) is 0 Å². The number of rotatable bonds is 5. The van der Waals surface area contributed by atoms with E-state index in [0.29, 0.717) is 0 Å². The van der Waals surface area contributed by atoms with Gasteiger partial charge in [0.25, 0.3) is 0 Å². The summed E-state index contributed by atoms with van der Waals surface area (Å²) in [6, 6.07) is 0. The van der Waals surface area contributed by atoms with Crippen molar-refractivity contribution in [1.29, 1.82) is 0 Å². The van der Waals surface area contributed by atoms with Gasteiger partial charge in [-0.1, -0.05) is 6.08 Å². The lowest BCUT2D eigenvalue weighted by Gasteiger charge is -2.06. The number of allylic oxidation sites excluding steroid dienone is 1. The minimum Gasteiger partial charge on any atom is -0.269 e. The highest BCUT2D eigenvalue weighted by Crippen LogP contribution is 1.94. The van der Waals surface area contributed by atoms with Gasteiger partial charge < -0.3 is 0 Å². The molecule has 9 heavy (non-hydrogen) atoms. The normalized spacial score (nSPS) is 10.1. The second kappa shape index (κ2) is 5.79. The zero-order valence-electron chi connectivity index (χ0n) is 6.14. The fraction of sp³-hybridized carbons (Fsp3) is 0.714. The molecule has 0 aliphatic carbocycles. The molecule has 0 aliphatic heterocycles. The Kier molecular flexibility index (Phi) is 5.57. The molecule has 0 fully saturated rings. The lowest BCUT2D eigenvalue weighted by Crippen LogP contribution is -2.26. The fourth-order valence-corrected chi connectivity index (χ4v) is 0.650. The van der Waals surface area contributed by atoms with E-state index in [-0.39, 0.29) is 0 Å². The summed E-state index contributed by atoms with van der Waals surface area (Å²) in [6.45, 7) is 4.61. The van der Waals surface area contributed by atoms with E-state index in [9.17, 15) is 0 Å². The Morgan fingerprint density at radius 2 is 2.22 bits per heavy atom. The molecular weight excluding hydrogens is 112 g/mol. The van der Waals surface area contributed by atoms with Crippen molar-refractivity contribution in [3.63, 3.8) is 0 Å². The average molecular weight is 128 g/mol. The third-order valence-electron chi connectivity index (χ3n) is 1.17. The van der Waals surface area contributed by atoms with Crippen molar-refractivity contribution in [2.75, 3.05) is 13.6 Å². The lowest BCUT2D eigenvalue weighted by molar-refractivity contribution is 0.340. The van der Waals surface area contributed by atoms with Crippen LogP contribution in [0.5, 0.6) is 0 Å². The van der Waals surface area contributed by atoms with Crippen molar-refractivity contribution < 1.29 is 0 Å². The predicted octanol–water partition coefficient (Wildman–Crippen LogP) is 1.15. The van der Waals surface area contributed by atoms with E-state index in [1.807, 2.05) is 13.1 Å². The molecule has 0 radical (unpaired) electrons. The summed E-state index contributed by atoms with van der Waals surface area (Å²) in [5, 5.41) is 1.71. The summed E-state index contributed by atoms with van der Waals surface area (Å²) in [6.07, 6.45) is 5.41. The van der Waals surface area contributed by atoms with Crippen LogP contribution >= 0.6 is 0 Å². The quantitative estimate of drug-likeness (QED) is 0.260. The van der Waals surface area contributed by atoms with Crippen LogP contribution in [0.4, 0.5) is 0 Å². The Hall–Kier alpha value is -0.340. The third-order valence-corrected chi connectivity index (χ3v) is 1.17. The number of hydrogen-bond donors (Lipinski definition) is 1. The van der Waals surface area contributed by atoms with Gasteiger partial charge in [0.05, 0.1) is 0 Å². The Balaban J connectivity index is 2.82. The maximum absolute atomic E-state index is 5.38. The zero-order chi connectivity index (χ0) is 7.11. The van der Waals surface area contributed by atoms with E-state index in [1.165, 1.54) is 12.8 Å². The molecule has 0 bridgehead atoms. The molecule has 0 aromatic carbocycles. The second-order valence-corrected chi connectivity index (χ2v) is 2.27. The van der Waals surface area contributed by atoms with Crippen LogP contribution in [0.25, 0.3) is 0 Å². The average Bonchev–Trinajstić information content (AvgIpc) is 1.80. The standard InChI is InChI=1S/C7H16N2/c1-3-4-5-6-7-9(2)8/h3H,1,4-8H2,2H3. The van der Waals surface area contributed by atoms with Crippen LogP contribution in [-0.2, 0) is 0 Å². The van der Waals surface area contributed by atoms with Crippen molar-refractivity contribution in [3.8, 4) is 0 Å². The highest BCUT2D eigenvalue weighted by Gasteiger charge is 1.87. The first-order chi connectivity index (χ1) is 4.27. The number of nitrogens with two attached hydrogens (primary N) is 1. The summed E-state index contributed by atoms with van der Waals surface area (Å²) in [5.41, 5.74) is 0. The smallest absolute Gasteiger partial charge is 0.0125 e. The molecule has 2 nitrogen and oxygen atoms in total. The molecule has 0 amide bonds. The first kappa shape index (κ1) is 8.66. The van der Waals surface area contributed by atoms with Crippen LogP contribution in [0.1, 0.15) is 19.3 Å². The molecule has 0 heterocycles. The van der Waals surface area contributed by atoms with E-state index in [0.717, 1.165) is 13.0 Å². The molecule has 0 saturated heterocycles. The summed E-state index contributed by atoms with van der Waals surface area (Å²) < 4.78 is 0. The molecule has 2 N–H and O–H groups in total. The van der Waals surface area contributed by atoms with E-state index in [4.69, 9.17) is 5.84 Å². The number of hydrazine groups is 1. The first-order valence-corrected chi connectivity index (χ1v) is 3.34. The van der Waals surface area contributed by atoms with Gasteiger partial charge >= 0.3 is 0 Å². The maximum Gasteiger partial charge on any atom is 0.0125 e. The largest absolute Gasteiger partial charge is 0.269 e. The predicted molar refractivity (Wildman–Crippen MR) is 40.9 cm³/mol. The van der Waals surface area contributed by atoms with Crippen molar-refractivity contribution in [1.82, 2.24) is 5.01 Å². The monoisotopic (exact) mass is 128 g/mol. The SMILES string of the molecule is C=CCCCCN(C)N. The van der Waals surface area contributed by atoms with Gasteiger partial charge in [-0.15, -0.1) is 6.58 Å². The summed E-state index contributed by atoms with van der Waals surface area (Å²) >= 11 is 0. The molecule has 0 aliphatic rings. The van der Waals surface area contributed by atoms with Gasteiger partial charge in [-0.3, -0.25) is 10.9 Å². The summed E-state index contributed by atoms with van der Waals surface area (Å²) in [5.74, 6) is 5.38. The Morgan fingerprint density at radius 1 is 1.56 bits per heavy atom. The van der Waals surface area contributed by atoms with E-state index >= 15 is 0 Å². The van der Waals surface area contributed by atoms with Crippen LogP contribution in [0.2, 0.25) is 0 Å². The molecule has 0 aromatic rings. The van der Waals surface area contributed by atoms with E-state index < -0.39 is 0 Å². The first-order valence-electron chi connectivity index (χ1n) is 3.34. The molecule has 0 aromatic heterocycles. The van der Waals surface area contributed by atoms with Gasteiger partial charge in [0, 0.05) is 13.6 Å². The highest BCUT2D eigenvalue weighted by atomic mass is 15.4. The maximum atomic E-state index is 5.38. The van der Waals surface area contributed by atoms with Crippen molar-refractivity contribution in [2.45, 2.75) is 19.3 Å². The topological polar surface area (TPSA) is 29.3 Å². The molecule has 0 rings (SSSR count). The van der Waals surface area contributed by atoms with Gasteiger partial charge in [-0.25, -0.2) is 0 Å². The van der Waals surface area contributed by atoms with E-state index in [1.54, 1.807) is 5.01 Å². The minimum atomic E-state index is 0.980. The summed E-state index contributed by atoms with van der Waals surface area (Å²) in [4.78, 5) is 0. The molecule has 0 unspecified atom stereocenters. The lowest BCUT2D eigenvalue weighted by atomic mass is 10.2. The van der Waals surface area contributed by atoms with Gasteiger partial charge in [0.15, 0.2) is 0 Å². The number of hydrogen-bond acceptors (Lipinski definition) is 2. The van der Waals surface area contributed by atoms with Crippen LogP contribution < -0.4 is 5.84 Å². The molecule has 0 atom stereocenters. The molecule has 54 valence electrons. The zero-order valence-corrected chi connectivity index (χ0v) is 6.14. The minimum absolute atomic E-state index is 0.980. The van der Waals surface area contributed by atoms with Crippen molar-refractivity contribution in [2.24, 2.45) is 5.84 Å². The third kappa shape index (κ3) is 7.66. The Bertz CT molecular complexity index is 69.3. The van der Waals surface area contributed by atoms with Gasteiger partial charge in [-0.05, 0) is 19.3 Å². The molecular formula is C7H16N2. The summed E-state index contributed by atoms with van der Waals surface area (Å²) in [7, 11) is 1.88. The van der Waals surface area contributed by atoms with Gasteiger partial charge in [0.2, 0.25) is 0 Å². The van der Waals surface area contributed by atoms with Crippen molar-refractivity contribution >= 4 is 0 Å². The van der Waals surface area contributed by atoms with Crippen LogP contribution in [-0.4, -0.2) is 18.6 Å². The van der Waals surface area contributed by atoms with Crippen LogP contribution in [0.15, 0.2) is 12.7 Å².